The predicted octanol–water partition coefficient (Wildman–Crippen LogP) is 1.49. The molecule has 3 rings (SSSR count). The summed E-state index contributed by atoms with van der Waals surface area (Å²) in [5, 5.41) is 7.69. The van der Waals surface area contributed by atoms with E-state index in [0.29, 0.717) is 31.3 Å². The van der Waals surface area contributed by atoms with Gasteiger partial charge in [-0.25, -0.2) is 0 Å². The van der Waals surface area contributed by atoms with Crippen LogP contribution in [0.2, 0.25) is 0 Å². The minimum atomic E-state index is 0.556. The van der Waals surface area contributed by atoms with Crippen LogP contribution in [0.3, 0.4) is 0 Å². The van der Waals surface area contributed by atoms with Crippen molar-refractivity contribution in [2.45, 2.75) is 13.1 Å². The van der Waals surface area contributed by atoms with Crippen molar-refractivity contribution < 1.29 is 14.2 Å². The van der Waals surface area contributed by atoms with Crippen molar-refractivity contribution in [2.75, 3.05) is 20.3 Å². The van der Waals surface area contributed by atoms with Gasteiger partial charge in [0, 0.05) is 26.3 Å². The van der Waals surface area contributed by atoms with Crippen LogP contribution in [0.25, 0.3) is 0 Å². The number of nitrogens with zero attached hydrogens (tertiary/aromatic N) is 2. The van der Waals surface area contributed by atoms with Crippen molar-refractivity contribution >= 4 is 0 Å². The molecule has 1 aliphatic rings. The number of benzene rings is 1. The van der Waals surface area contributed by atoms with Crippen LogP contribution in [0, 0.1) is 0 Å². The summed E-state index contributed by atoms with van der Waals surface area (Å²) >= 11 is 0. The van der Waals surface area contributed by atoms with Gasteiger partial charge in [-0.2, -0.15) is 5.10 Å². The molecule has 0 unspecified atom stereocenters. The summed E-state index contributed by atoms with van der Waals surface area (Å²) in [4.78, 5) is 0. The Morgan fingerprint density at radius 2 is 2.14 bits per heavy atom. The molecule has 0 radical (unpaired) electrons. The molecule has 0 aliphatic carbocycles. The number of hydrogen-bond acceptors (Lipinski definition) is 5. The van der Waals surface area contributed by atoms with E-state index in [1.165, 1.54) is 0 Å². The van der Waals surface area contributed by atoms with Crippen LogP contribution < -0.4 is 19.5 Å². The second-order valence-corrected chi connectivity index (χ2v) is 4.91. The molecule has 0 saturated carbocycles. The van der Waals surface area contributed by atoms with Crippen LogP contribution in [0.4, 0.5) is 0 Å². The van der Waals surface area contributed by atoms with E-state index in [0.717, 1.165) is 23.6 Å². The Morgan fingerprint density at radius 1 is 1.29 bits per heavy atom. The third kappa shape index (κ3) is 3.11. The van der Waals surface area contributed by atoms with Gasteiger partial charge in [-0.3, -0.25) is 4.68 Å². The Kier molecular flexibility index (Phi) is 3.96. The van der Waals surface area contributed by atoms with E-state index < -0.39 is 0 Å². The fourth-order valence-electron chi connectivity index (χ4n) is 2.32. The predicted molar refractivity (Wildman–Crippen MR) is 77.7 cm³/mol. The van der Waals surface area contributed by atoms with Gasteiger partial charge < -0.3 is 19.5 Å². The maximum atomic E-state index is 5.63. The van der Waals surface area contributed by atoms with E-state index >= 15 is 0 Å². The van der Waals surface area contributed by atoms with Gasteiger partial charge in [0.25, 0.3) is 0 Å². The molecular weight excluding hydrogens is 270 g/mol. The lowest BCUT2D eigenvalue weighted by Crippen LogP contribution is -2.17. The number of aromatic nitrogens is 2. The molecule has 2 aromatic rings. The van der Waals surface area contributed by atoms with Crippen molar-refractivity contribution in [1.29, 1.82) is 0 Å². The first kappa shape index (κ1) is 13.8. The standard InChI is InChI=1S/C15H19N3O3/c1-18-4-3-12(17-18)10-16-9-11-7-13(19-2)15-14(8-11)20-5-6-21-15/h3-4,7-8,16H,5-6,9-10H2,1-2H3. The molecule has 1 aromatic heterocycles. The number of rotatable bonds is 5. The number of methoxy groups -OCH3 is 1. The second kappa shape index (κ2) is 6.05. The molecule has 6 heteroatoms. The number of fused-ring (bicyclic) bond motifs is 1. The number of aryl methyl sites for hydroxylation is 1. The highest BCUT2D eigenvalue weighted by atomic mass is 16.6. The highest BCUT2D eigenvalue weighted by Gasteiger charge is 2.18. The lowest BCUT2D eigenvalue weighted by molar-refractivity contribution is 0.165. The average molecular weight is 289 g/mol. The highest BCUT2D eigenvalue weighted by molar-refractivity contribution is 5.54. The van der Waals surface area contributed by atoms with Crippen LogP contribution in [-0.4, -0.2) is 30.1 Å². The van der Waals surface area contributed by atoms with Crippen LogP contribution in [0.15, 0.2) is 24.4 Å². The Balaban J connectivity index is 1.67. The third-order valence-electron chi connectivity index (χ3n) is 3.29. The molecule has 2 heterocycles. The fraction of sp³-hybridized carbons (Fsp3) is 0.400. The van der Waals surface area contributed by atoms with E-state index in [1.807, 2.05) is 31.4 Å². The summed E-state index contributed by atoms with van der Waals surface area (Å²) in [5.74, 6) is 2.15. The van der Waals surface area contributed by atoms with Gasteiger partial charge in [0.05, 0.1) is 12.8 Å². The molecule has 1 aliphatic heterocycles. The van der Waals surface area contributed by atoms with Crippen LogP contribution in [0.5, 0.6) is 17.2 Å². The molecule has 1 aromatic carbocycles. The summed E-state index contributed by atoms with van der Waals surface area (Å²) in [6.45, 7) is 2.56. The summed E-state index contributed by atoms with van der Waals surface area (Å²) < 4.78 is 18.4. The molecule has 0 atom stereocenters. The molecule has 112 valence electrons. The van der Waals surface area contributed by atoms with Gasteiger partial charge in [0.2, 0.25) is 5.75 Å². The zero-order chi connectivity index (χ0) is 14.7. The zero-order valence-corrected chi connectivity index (χ0v) is 12.3. The van der Waals surface area contributed by atoms with E-state index in [9.17, 15) is 0 Å². The fourth-order valence-corrected chi connectivity index (χ4v) is 2.32. The van der Waals surface area contributed by atoms with E-state index in [4.69, 9.17) is 14.2 Å². The monoisotopic (exact) mass is 289 g/mol. The molecule has 0 spiro atoms. The molecule has 0 amide bonds. The summed E-state index contributed by atoms with van der Waals surface area (Å²) in [6, 6.07) is 5.96. The first-order valence-electron chi connectivity index (χ1n) is 6.92. The van der Waals surface area contributed by atoms with Crippen molar-refractivity contribution in [3.05, 3.63) is 35.7 Å². The lowest BCUT2D eigenvalue weighted by Gasteiger charge is -2.21. The van der Waals surface area contributed by atoms with Gasteiger partial charge in [-0.05, 0) is 23.8 Å². The van der Waals surface area contributed by atoms with Crippen LogP contribution in [-0.2, 0) is 20.1 Å². The van der Waals surface area contributed by atoms with E-state index in [-0.39, 0.29) is 0 Å². The first-order valence-corrected chi connectivity index (χ1v) is 6.92. The van der Waals surface area contributed by atoms with Crippen LogP contribution >= 0.6 is 0 Å². The SMILES string of the molecule is COc1cc(CNCc2ccn(C)n2)cc2c1OCCO2. The number of nitrogens with one attached hydrogen (secondary N) is 1. The topological polar surface area (TPSA) is 57.5 Å². The molecule has 0 fully saturated rings. The Labute approximate surface area is 123 Å². The second-order valence-electron chi connectivity index (χ2n) is 4.91. The average Bonchev–Trinajstić information content (AvgIpc) is 2.92. The Hall–Kier alpha value is -2.21. The smallest absolute Gasteiger partial charge is 0.203 e. The van der Waals surface area contributed by atoms with Gasteiger partial charge >= 0.3 is 0 Å². The van der Waals surface area contributed by atoms with Gasteiger partial charge in [-0.15, -0.1) is 0 Å². The van der Waals surface area contributed by atoms with Crippen molar-refractivity contribution in [2.24, 2.45) is 7.05 Å². The number of hydrogen-bond donors (Lipinski definition) is 1. The summed E-state index contributed by atoms with van der Waals surface area (Å²) in [5.41, 5.74) is 2.11. The van der Waals surface area contributed by atoms with E-state index in [2.05, 4.69) is 10.4 Å². The summed E-state index contributed by atoms with van der Waals surface area (Å²) in [7, 11) is 3.55. The Morgan fingerprint density at radius 3 is 2.90 bits per heavy atom. The largest absolute Gasteiger partial charge is 0.493 e. The molecule has 1 N–H and O–H groups in total. The first-order chi connectivity index (χ1) is 10.3. The number of ether oxygens (including phenoxy) is 3. The van der Waals surface area contributed by atoms with Crippen molar-refractivity contribution in [3.8, 4) is 17.2 Å². The summed E-state index contributed by atoms with van der Waals surface area (Å²) in [6.07, 6.45) is 1.93. The third-order valence-corrected chi connectivity index (χ3v) is 3.29. The van der Waals surface area contributed by atoms with Gasteiger partial charge in [0.1, 0.15) is 13.2 Å². The maximum absolute atomic E-state index is 5.63. The van der Waals surface area contributed by atoms with Crippen molar-refractivity contribution in [3.63, 3.8) is 0 Å². The van der Waals surface area contributed by atoms with Crippen molar-refractivity contribution in [1.82, 2.24) is 15.1 Å². The molecule has 6 nitrogen and oxygen atoms in total. The molecule has 0 saturated heterocycles. The maximum Gasteiger partial charge on any atom is 0.203 e. The van der Waals surface area contributed by atoms with Crippen LogP contribution in [0.1, 0.15) is 11.3 Å². The Bertz CT molecular complexity index is 607. The lowest BCUT2D eigenvalue weighted by atomic mass is 10.1. The molecule has 21 heavy (non-hydrogen) atoms. The highest BCUT2D eigenvalue weighted by Crippen LogP contribution is 2.40. The molecule has 0 bridgehead atoms. The van der Waals surface area contributed by atoms with E-state index in [1.54, 1.807) is 11.8 Å². The molecular formula is C15H19N3O3. The zero-order valence-electron chi connectivity index (χ0n) is 12.3. The normalized spacial score (nSPS) is 13.2. The van der Waals surface area contributed by atoms with Gasteiger partial charge in [0.15, 0.2) is 11.5 Å². The minimum absolute atomic E-state index is 0.556. The quantitative estimate of drug-likeness (QED) is 0.903. The van der Waals surface area contributed by atoms with Gasteiger partial charge in [-0.1, -0.05) is 0 Å². The minimum Gasteiger partial charge on any atom is -0.493 e.